The van der Waals surface area contributed by atoms with Crippen molar-refractivity contribution in [1.82, 2.24) is 9.80 Å². The Morgan fingerprint density at radius 3 is 2.18 bits per heavy atom. The van der Waals surface area contributed by atoms with E-state index in [9.17, 15) is 9.59 Å². The SMILES string of the molecule is CC(C)[C@@H]1CN([C@H]2CC[C@@]3(C)[C@@H](CC[C@@H]4[C@@H]3CC[C@]3(C)[C@@H](C(C)N(C)C)CC[C@@H]43)C2=O)C1=O. The van der Waals surface area contributed by atoms with Crippen LogP contribution in [0, 0.1) is 52.3 Å². The average molecular weight is 457 g/mol. The Morgan fingerprint density at radius 1 is 0.879 bits per heavy atom. The molecule has 5 fully saturated rings. The standard InChI is InChI=1S/C29H48N2O2/c1-17(2)20-16-31(27(20)33)25-13-15-29(5)23-12-14-28(4)21(18(3)30(6)7)10-11-22(28)19(23)8-9-24(29)26(25)32/h17-25H,8-16H2,1-7H3/t18?,19-,20-,21+,22-,23-,24-,25-,28+,29+/m0/s1. The van der Waals surface area contributed by atoms with E-state index in [-0.39, 0.29) is 29.2 Å². The van der Waals surface area contributed by atoms with Crippen molar-refractivity contribution in [2.24, 2.45) is 52.3 Å². The zero-order valence-corrected chi connectivity index (χ0v) is 22.3. The third-order valence-corrected chi connectivity index (χ3v) is 12.1. The number of carbonyl (C=O) groups excluding carboxylic acids is 2. The van der Waals surface area contributed by atoms with Crippen molar-refractivity contribution in [1.29, 1.82) is 0 Å². The van der Waals surface area contributed by atoms with Crippen LogP contribution in [0.2, 0.25) is 0 Å². The number of Topliss-reactive ketones (excluding diaryl/α,β-unsaturated/α-hetero) is 1. The van der Waals surface area contributed by atoms with Gasteiger partial charge < -0.3 is 9.80 Å². The fourth-order valence-electron chi connectivity index (χ4n) is 9.86. The summed E-state index contributed by atoms with van der Waals surface area (Å²) in [6.45, 7) is 12.6. The number of rotatable bonds is 4. The molecule has 4 heteroatoms. The summed E-state index contributed by atoms with van der Waals surface area (Å²) in [4.78, 5) is 31.0. The van der Waals surface area contributed by atoms with Crippen LogP contribution >= 0.6 is 0 Å². The van der Waals surface area contributed by atoms with E-state index in [1.54, 1.807) is 0 Å². The second-order valence-corrected chi connectivity index (χ2v) is 13.7. The van der Waals surface area contributed by atoms with Gasteiger partial charge in [-0.2, -0.15) is 0 Å². The van der Waals surface area contributed by atoms with Gasteiger partial charge in [-0.25, -0.2) is 0 Å². The largest absolute Gasteiger partial charge is 0.332 e. The minimum atomic E-state index is -0.132. The number of likely N-dealkylation sites (tertiary alicyclic amines) is 1. The zero-order chi connectivity index (χ0) is 23.9. The minimum Gasteiger partial charge on any atom is -0.332 e. The molecule has 1 amide bonds. The maximum Gasteiger partial charge on any atom is 0.228 e. The van der Waals surface area contributed by atoms with E-state index in [0.29, 0.717) is 29.1 Å². The molecule has 4 aliphatic carbocycles. The monoisotopic (exact) mass is 456 g/mol. The Kier molecular flexibility index (Phi) is 5.82. The van der Waals surface area contributed by atoms with E-state index in [1.807, 2.05) is 4.90 Å². The molecule has 0 aromatic heterocycles. The summed E-state index contributed by atoms with van der Waals surface area (Å²) in [5.41, 5.74) is 0.611. The highest BCUT2D eigenvalue weighted by Crippen LogP contribution is 2.67. The molecule has 33 heavy (non-hydrogen) atoms. The van der Waals surface area contributed by atoms with Gasteiger partial charge in [0.15, 0.2) is 5.78 Å². The number of hydrogen-bond acceptors (Lipinski definition) is 3. The first kappa shape index (κ1) is 23.8. The Bertz CT molecular complexity index is 807. The van der Waals surface area contributed by atoms with E-state index in [2.05, 4.69) is 53.6 Å². The predicted octanol–water partition coefficient (Wildman–Crippen LogP) is 5.26. The van der Waals surface area contributed by atoms with E-state index in [4.69, 9.17) is 0 Å². The third kappa shape index (κ3) is 3.32. The molecule has 1 unspecified atom stereocenters. The molecule has 5 aliphatic rings. The third-order valence-electron chi connectivity index (χ3n) is 12.1. The van der Waals surface area contributed by atoms with Gasteiger partial charge in [0.1, 0.15) is 0 Å². The first-order chi connectivity index (χ1) is 15.5. The number of fused-ring (bicyclic) bond motifs is 5. The fourth-order valence-corrected chi connectivity index (χ4v) is 9.86. The molecule has 4 nitrogen and oxygen atoms in total. The number of β-lactam (4-membered cyclic amide) rings is 1. The molecule has 0 N–H and O–H groups in total. The molecule has 0 radical (unpaired) electrons. The van der Waals surface area contributed by atoms with Gasteiger partial charge in [0.05, 0.1) is 12.0 Å². The summed E-state index contributed by atoms with van der Waals surface area (Å²) >= 11 is 0. The lowest BCUT2D eigenvalue weighted by Crippen LogP contribution is -2.65. The Hall–Kier alpha value is -0.900. The lowest BCUT2D eigenvalue weighted by atomic mass is 9.44. The topological polar surface area (TPSA) is 40.6 Å². The van der Waals surface area contributed by atoms with E-state index in [1.165, 1.54) is 32.1 Å². The molecule has 186 valence electrons. The summed E-state index contributed by atoms with van der Waals surface area (Å²) in [6, 6.07) is 0.511. The fraction of sp³-hybridized carbons (Fsp3) is 0.931. The van der Waals surface area contributed by atoms with Crippen molar-refractivity contribution in [3.05, 3.63) is 0 Å². The van der Waals surface area contributed by atoms with Crippen LogP contribution in [0.3, 0.4) is 0 Å². The van der Waals surface area contributed by atoms with Crippen LogP contribution in [-0.2, 0) is 9.59 Å². The summed E-state index contributed by atoms with van der Waals surface area (Å²) in [7, 11) is 4.49. The van der Waals surface area contributed by atoms with Crippen LogP contribution in [0.4, 0.5) is 0 Å². The van der Waals surface area contributed by atoms with E-state index < -0.39 is 0 Å². The molecule has 1 aliphatic heterocycles. The minimum absolute atomic E-state index is 0.132. The van der Waals surface area contributed by atoms with Gasteiger partial charge >= 0.3 is 0 Å². The highest BCUT2D eigenvalue weighted by molar-refractivity contribution is 5.95. The highest BCUT2D eigenvalue weighted by Gasteiger charge is 2.63. The predicted molar refractivity (Wildman–Crippen MR) is 133 cm³/mol. The average Bonchev–Trinajstić information content (AvgIpc) is 3.10. The number of ketones is 1. The molecule has 0 spiro atoms. The highest BCUT2D eigenvalue weighted by atomic mass is 16.2. The van der Waals surface area contributed by atoms with Crippen molar-refractivity contribution in [2.45, 2.75) is 98.1 Å². The van der Waals surface area contributed by atoms with Crippen molar-refractivity contribution < 1.29 is 9.59 Å². The van der Waals surface area contributed by atoms with Gasteiger partial charge in [0.2, 0.25) is 5.91 Å². The van der Waals surface area contributed by atoms with Gasteiger partial charge in [-0.15, -0.1) is 0 Å². The van der Waals surface area contributed by atoms with Crippen LogP contribution < -0.4 is 0 Å². The first-order valence-electron chi connectivity index (χ1n) is 14.0. The van der Waals surface area contributed by atoms with Crippen molar-refractivity contribution in [3.8, 4) is 0 Å². The molecule has 4 saturated carbocycles. The van der Waals surface area contributed by atoms with Gasteiger partial charge in [0.25, 0.3) is 0 Å². The van der Waals surface area contributed by atoms with Crippen molar-refractivity contribution in [2.75, 3.05) is 20.6 Å². The Labute approximate surface area is 202 Å². The molecule has 0 bridgehead atoms. The normalized spacial score (nSPS) is 48.4. The smallest absolute Gasteiger partial charge is 0.228 e. The van der Waals surface area contributed by atoms with Crippen LogP contribution in [0.15, 0.2) is 0 Å². The van der Waals surface area contributed by atoms with Gasteiger partial charge in [0, 0.05) is 18.5 Å². The van der Waals surface area contributed by atoms with Crippen LogP contribution in [0.25, 0.3) is 0 Å². The molecule has 1 heterocycles. The summed E-state index contributed by atoms with van der Waals surface area (Å²) in [6.07, 6.45) is 9.72. The lowest BCUT2D eigenvalue weighted by molar-refractivity contribution is -0.171. The molecule has 0 aromatic rings. The van der Waals surface area contributed by atoms with Gasteiger partial charge in [-0.3, -0.25) is 9.59 Å². The van der Waals surface area contributed by atoms with Crippen LogP contribution in [0.1, 0.15) is 86.0 Å². The van der Waals surface area contributed by atoms with Crippen LogP contribution in [-0.4, -0.2) is 54.2 Å². The Morgan fingerprint density at radius 2 is 1.55 bits per heavy atom. The van der Waals surface area contributed by atoms with E-state index in [0.717, 1.165) is 43.6 Å². The number of carbonyl (C=O) groups is 2. The quantitative estimate of drug-likeness (QED) is 0.542. The molecule has 10 atom stereocenters. The van der Waals surface area contributed by atoms with Gasteiger partial charge in [-0.05, 0) is 113 Å². The number of hydrogen-bond donors (Lipinski definition) is 0. The zero-order valence-electron chi connectivity index (χ0n) is 22.3. The van der Waals surface area contributed by atoms with Crippen molar-refractivity contribution in [3.63, 3.8) is 0 Å². The molecular formula is C29H48N2O2. The second kappa shape index (κ2) is 8.07. The maximum atomic E-state index is 13.8. The number of amides is 1. The molecule has 5 rings (SSSR count). The van der Waals surface area contributed by atoms with E-state index >= 15 is 0 Å². The molecule has 0 aromatic carbocycles. The maximum absolute atomic E-state index is 13.8. The molecule has 1 saturated heterocycles. The molecular weight excluding hydrogens is 408 g/mol. The summed E-state index contributed by atoms with van der Waals surface area (Å²) < 4.78 is 0. The van der Waals surface area contributed by atoms with Crippen LogP contribution in [0.5, 0.6) is 0 Å². The van der Waals surface area contributed by atoms with Gasteiger partial charge in [-0.1, -0.05) is 27.7 Å². The Balaban J connectivity index is 1.33. The summed E-state index contributed by atoms with van der Waals surface area (Å²) in [5, 5.41) is 0. The summed E-state index contributed by atoms with van der Waals surface area (Å²) in [5.74, 6) is 4.47. The second-order valence-electron chi connectivity index (χ2n) is 13.7. The first-order valence-corrected chi connectivity index (χ1v) is 14.0. The number of nitrogens with zero attached hydrogens (tertiary/aromatic N) is 2. The lowest BCUT2D eigenvalue weighted by Gasteiger charge is -2.61. The van der Waals surface area contributed by atoms with Crippen molar-refractivity contribution >= 4 is 11.7 Å².